The van der Waals surface area contributed by atoms with Crippen LogP contribution in [-0.2, 0) is 6.54 Å². The number of nitrogens with zero attached hydrogens (tertiary/aromatic N) is 3. The third kappa shape index (κ3) is 4.04. The van der Waals surface area contributed by atoms with Crippen LogP contribution in [0.3, 0.4) is 0 Å². The van der Waals surface area contributed by atoms with Crippen molar-refractivity contribution < 1.29 is 4.39 Å². The molecule has 1 fully saturated rings. The van der Waals surface area contributed by atoms with E-state index in [1.165, 1.54) is 36.1 Å². The van der Waals surface area contributed by atoms with E-state index in [4.69, 9.17) is 0 Å². The molecule has 1 saturated heterocycles. The molecule has 2 aromatic heterocycles. The van der Waals surface area contributed by atoms with Crippen LogP contribution in [0.25, 0.3) is 11.3 Å². The van der Waals surface area contributed by atoms with Crippen LogP contribution < -0.4 is 5.32 Å². The van der Waals surface area contributed by atoms with E-state index < -0.39 is 0 Å². The lowest BCUT2D eigenvalue weighted by atomic mass is 9.95. The van der Waals surface area contributed by atoms with Crippen molar-refractivity contribution in [3.63, 3.8) is 0 Å². The fraction of sp³-hybridized carbons (Fsp3) is 0.304. The molecule has 144 valence electrons. The molecule has 3 heterocycles. The summed E-state index contributed by atoms with van der Waals surface area (Å²) < 4.78 is 13.5. The minimum atomic E-state index is -0.237. The van der Waals surface area contributed by atoms with Gasteiger partial charge in [0.2, 0.25) is 0 Å². The highest BCUT2D eigenvalue weighted by atomic mass is 19.1. The second kappa shape index (κ2) is 8.48. The first-order valence-electron chi connectivity index (χ1n) is 9.82. The van der Waals surface area contributed by atoms with Gasteiger partial charge >= 0.3 is 0 Å². The molecule has 1 aromatic carbocycles. The third-order valence-electron chi connectivity index (χ3n) is 5.41. The maximum Gasteiger partial charge on any atom is 0.130 e. The standard InChI is InChI=1S/C23H25FN4/c1-25-23-19(7-5-12-26-23)16-28-13-3-2-9-22(28)18-10-11-21(27-15-18)17-6-4-8-20(24)14-17/h4-8,10-12,14-15,22H,2-3,9,13,16H2,1H3,(H,25,26). The van der Waals surface area contributed by atoms with Gasteiger partial charge in [-0.05, 0) is 49.2 Å². The molecule has 0 aliphatic carbocycles. The fourth-order valence-corrected chi connectivity index (χ4v) is 3.99. The fourth-order valence-electron chi connectivity index (χ4n) is 3.99. The summed E-state index contributed by atoms with van der Waals surface area (Å²) in [4.78, 5) is 11.6. The lowest BCUT2D eigenvalue weighted by molar-refractivity contribution is 0.140. The zero-order valence-electron chi connectivity index (χ0n) is 16.1. The summed E-state index contributed by atoms with van der Waals surface area (Å²) in [5.41, 5.74) is 4.03. The Kier molecular flexibility index (Phi) is 5.63. The summed E-state index contributed by atoms with van der Waals surface area (Å²) in [6.07, 6.45) is 7.32. The van der Waals surface area contributed by atoms with Crippen molar-refractivity contribution in [1.82, 2.24) is 14.9 Å². The predicted molar refractivity (Wildman–Crippen MR) is 110 cm³/mol. The maximum absolute atomic E-state index is 13.5. The van der Waals surface area contributed by atoms with Crippen LogP contribution in [0, 0.1) is 5.82 Å². The SMILES string of the molecule is CNc1ncccc1CN1CCCCC1c1ccc(-c2cccc(F)c2)nc1. The quantitative estimate of drug-likeness (QED) is 0.676. The van der Waals surface area contributed by atoms with E-state index in [1.54, 1.807) is 6.07 Å². The van der Waals surface area contributed by atoms with Gasteiger partial charge in [-0.1, -0.05) is 30.7 Å². The Morgan fingerprint density at radius 1 is 1.11 bits per heavy atom. The first kappa shape index (κ1) is 18.6. The van der Waals surface area contributed by atoms with Crippen molar-refractivity contribution in [2.45, 2.75) is 31.8 Å². The molecule has 1 atom stereocenters. The van der Waals surface area contributed by atoms with Crippen molar-refractivity contribution in [3.8, 4) is 11.3 Å². The van der Waals surface area contributed by atoms with Crippen LogP contribution in [0.15, 0.2) is 60.9 Å². The summed E-state index contributed by atoms with van der Waals surface area (Å²) in [6, 6.07) is 15.2. The molecule has 1 N–H and O–H groups in total. The molecule has 0 saturated carbocycles. The summed E-state index contributed by atoms with van der Waals surface area (Å²) in [5, 5.41) is 3.19. The molecule has 0 radical (unpaired) electrons. The first-order valence-corrected chi connectivity index (χ1v) is 9.82. The Hall–Kier alpha value is -2.79. The number of halogens is 1. The van der Waals surface area contributed by atoms with Gasteiger partial charge in [0, 0.05) is 43.2 Å². The number of likely N-dealkylation sites (tertiary alicyclic amines) is 1. The lowest BCUT2D eigenvalue weighted by Gasteiger charge is -2.36. The van der Waals surface area contributed by atoms with E-state index in [0.717, 1.165) is 36.6 Å². The van der Waals surface area contributed by atoms with E-state index in [0.29, 0.717) is 6.04 Å². The number of piperidine rings is 1. The normalized spacial score (nSPS) is 17.4. The van der Waals surface area contributed by atoms with Crippen LogP contribution in [0.1, 0.15) is 36.4 Å². The van der Waals surface area contributed by atoms with E-state index in [1.807, 2.05) is 37.6 Å². The number of hydrogen-bond donors (Lipinski definition) is 1. The minimum Gasteiger partial charge on any atom is -0.373 e. The van der Waals surface area contributed by atoms with Gasteiger partial charge in [-0.15, -0.1) is 0 Å². The molecular formula is C23H25FN4. The van der Waals surface area contributed by atoms with E-state index >= 15 is 0 Å². The van der Waals surface area contributed by atoms with E-state index in [9.17, 15) is 4.39 Å². The van der Waals surface area contributed by atoms with Crippen molar-refractivity contribution in [3.05, 3.63) is 77.9 Å². The van der Waals surface area contributed by atoms with Gasteiger partial charge in [-0.25, -0.2) is 9.37 Å². The van der Waals surface area contributed by atoms with Crippen LogP contribution in [0.5, 0.6) is 0 Å². The van der Waals surface area contributed by atoms with Gasteiger partial charge in [0.1, 0.15) is 11.6 Å². The molecule has 0 bridgehead atoms. The van der Waals surface area contributed by atoms with Crippen molar-refractivity contribution in [2.75, 3.05) is 18.9 Å². The summed E-state index contributed by atoms with van der Waals surface area (Å²) in [6.45, 7) is 1.93. The number of nitrogens with one attached hydrogen (secondary N) is 1. The number of benzene rings is 1. The third-order valence-corrected chi connectivity index (χ3v) is 5.41. The Bertz CT molecular complexity index is 926. The molecule has 3 aromatic rings. The van der Waals surface area contributed by atoms with Crippen LogP contribution in [0.4, 0.5) is 10.2 Å². The van der Waals surface area contributed by atoms with Crippen molar-refractivity contribution in [2.24, 2.45) is 0 Å². The zero-order chi connectivity index (χ0) is 19.3. The number of anilines is 1. The molecule has 1 unspecified atom stereocenters. The van der Waals surface area contributed by atoms with Gasteiger partial charge in [-0.2, -0.15) is 0 Å². The highest BCUT2D eigenvalue weighted by Gasteiger charge is 2.25. The van der Waals surface area contributed by atoms with Crippen LogP contribution >= 0.6 is 0 Å². The minimum absolute atomic E-state index is 0.237. The Labute approximate surface area is 165 Å². The highest BCUT2D eigenvalue weighted by Crippen LogP contribution is 2.33. The van der Waals surface area contributed by atoms with Gasteiger partial charge in [0.05, 0.1) is 5.69 Å². The average molecular weight is 376 g/mol. The Balaban J connectivity index is 1.56. The summed E-state index contributed by atoms with van der Waals surface area (Å²) in [5.74, 6) is 0.699. The Morgan fingerprint density at radius 2 is 2.04 bits per heavy atom. The van der Waals surface area contributed by atoms with Crippen molar-refractivity contribution >= 4 is 5.82 Å². The number of pyridine rings is 2. The molecule has 28 heavy (non-hydrogen) atoms. The van der Waals surface area contributed by atoms with E-state index in [2.05, 4.69) is 32.3 Å². The van der Waals surface area contributed by atoms with Gasteiger partial charge < -0.3 is 5.32 Å². The molecule has 1 aliphatic heterocycles. The monoisotopic (exact) mass is 376 g/mol. The molecule has 0 amide bonds. The molecule has 4 rings (SSSR count). The van der Waals surface area contributed by atoms with Crippen LogP contribution in [0.2, 0.25) is 0 Å². The van der Waals surface area contributed by atoms with Gasteiger partial charge in [0.15, 0.2) is 0 Å². The number of hydrogen-bond acceptors (Lipinski definition) is 4. The second-order valence-electron chi connectivity index (χ2n) is 7.23. The second-order valence-corrected chi connectivity index (χ2v) is 7.23. The maximum atomic E-state index is 13.5. The van der Waals surface area contributed by atoms with Gasteiger partial charge in [0.25, 0.3) is 0 Å². The molecular weight excluding hydrogens is 351 g/mol. The van der Waals surface area contributed by atoms with Gasteiger partial charge in [-0.3, -0.25) is 9.88 Å². The van der Waals surface area contributed by atoms with E-state index in [-0.39, 0.29) is 5.82 Å². The lowest BCUT2D eigenvalue weighted by Crippen LogP contribution is -2.33. The largest absolute Gasteiger partial charge is 0.373 e. The molecule has 0 spiro atoms. The molecule has 4 nitrogen and oxygen atoms in total. The summed E-state index contributed by atoms with van der Waals surface area (Å²) >= 11 is 0. The highest BCUT2D eigenvalue weighted by molar-refractivity contribution is 5.59. The molecule has 1 aliphatic rings. The number of rotatable bonds is 5. The Morgan fingerprint density at radius 3 is 2.82 bits per heavy atom. The number of aromatic nitrogens is 2. The topological polar surface area (TPSA) is 41.1 Å². The average Bonchev–Trinajstić information content (AvgIpc) is 2.75. The zero-order valence-corrected chi connectivity index (χ0v) is 16.1. The molecule has 5 heteroatoms. The summed E-state index contributed by atoms with van der Waals surface area (Å²) in [7, 11) is 1.91. The predicted octanol–water partition coefficient (Wildman–Crippen LogP) is 5.05. The first-order chi connectivity index (χ1) is 13.7. The van der Waals surface area contributed by atoms with Crippen molar-refractivity contribution in [1.29, 1.82) is 0 Å². The van der Waals surface area contributed by atoms with Crippen LogP contribution in [-0.4, -0.2) is 28.5 Å². The smallest absolute Gasteiger partial charge is 0.130 e.